The van der Waals surface area contributed by atoms with Crippen LogP contribution >= 0.6 is 0 Å². The highest BCUT2D eigenvalue weighted by Gasteiger charge is 2.40. The first-order valence-electron chi connectivity index (χ1n) is 8.33. The standard InChI is InChI=1S/C16H30N2O3/c1-4-17-16(3,15(19)20)11-12(2)18-9-10-21-14-8-6-5-7-13(14)18/h12-14,17H,4-11H2,1-3H3,(H,19,20). The van der Waals surface area contributed by atoms with Crippen LogP contribution < -0.4 is 5.32 Å². The summed E-state index contributed by atoms with van der Waals surface area (Å²) in [6.07, 6.45) is 5.83. The zero-order valence-electron chi connectivity index (χ0n) is 13.6. The summed E-state index contributed by atoms with van der Waals surface area (Å²) < 4.78 is 5.91. The Bertz CT molecular complexity index is 361. The Morgan fingerprint density at radius 2 is 2.19 bits per heavy atom. The van der Waals surface area contributed by atoms with Crippen LogP contribution in [0.15, 0.2) is 0 Å². The van der Waals surface area contributed by atoms with Gasteiger partial charge in [-0.2, -0.15) is 0 Å². The molecule has 1 aliphatic heterocycles. The van der Waals surface area contributed by atoms with Gasteiger partial charge in [0.2, 0.25) is 0 Å². The van der Waals surface area contributed by atoms with Crippen molar-refractivity contribution < 1.29 is 14.6 Å². The van der Waals surface area contributed by atoms with E-state index in [1.54, 1.807) is 6.92 Å². The Balaban J connectivity index is 2.03. The number of nitrogens with one attached hydrogen (secondary N) is 1. The maximum absolute atomic E-state index is 11.6. The normalized spacial score (nSPS) is 31.2. The van der Waals surface area contributed by atoms with Crippen LogP contribution in [-0.2, 0) is 9.53 Å². The first kappa shape index (κ1) is 16.7. The molecule has 1 aliphatic carbocycles. The molecule has 1 heterocycles. The van der Waals surface area contributed by atoms with Gasteiger partial charge < -0.3 is 15.2 Å². The number of rotatable bonds is 6. The molecule has 2 rings (SSSR count). The summed E-state index contributed by atoms with van der Waals surface area (Å²) >= 11 is 0. The Kier molecular flexibility index (Phi) is 5.63. The number of carbonyl (C=O) groups is 1. The molecule has 0 aromatic heterocycles. The van der Waals surface area contributed by atoms with Gasteiger partial charge >= 0.3 is 5.97 Å². The zero-order valence-corrected chi connectivity index (χ0v) is 13.6. The van der Waals surface area contributed by atoms with Gasteiger partial charge in [-0.15, -0.1) is 0 Å². The average Bonchev–Trinajstić information content (AvgIpc) is 2.46. The lowest BCUT2D eigenvalue weighted by Crippen LogP contribution is -2.59. The quantitative estimate of drug-likeness (QED) is 0.784. The first-order chi connectivity index (χ1) is 9.98. The van der Waals surface area contributed by atoms with Gasteiger partial charge in [-0.1, -0.05) is 19.8 Å². The van der Waals surface area contributed by atoms with Gasteiger partial charge in [-0.25, -0.2) is 0 Å². The van der Waals surface area contributed by atoms with Crippen LogP contribution in [0.3, 0.4) is 0 Å². The fraction of sp³-hybridized carbons (Fsp3) is 0.938. The lowest BCUT2D eigenvalue weighted by atomic mass is 9.86. The highest BCUT2D eigenvalue weighted by molar-refractivity contribution is 5.78. The number of carboxylic acid groups (broad SMARTS) is 1. The van der Waals surface area contributed by atoms with Crippen LogP contribution in [0.4, 0.5) is 0 Å². The van der Waals surface area contributed by atoms with Gasteiger partial charge in [0.15, 0.2) is 0 Å². The van der Waals surface area contributed by atoms with Crippen molar-refractivity contribution >= 4 is 5.97 Å². The molecule has 4 unspecified atom stereocenters. The van der Waals surface area contributed by atoms with Crippen LogP contribution in [-0.4, -0.2) is 59.4 Å². The summed E-state index contributed by atoms with van der Waals surface area (Å²) in [5.41, 5.74) is -0.851. The second-order valence-electron chi connectivity index (χ2n) is 6.72. The Morgan fingerprint density at radius 1 is 1.48 bits per heavy atom. The monoisotopic (exact) mass is 298 g/mol. The molecule has 5 nitrogen and oxygen atoms in total. The first-order valence-corrected chi connectivity index (χ1v) is 8.33. The van der Waals surface area contributed by atoms with E-state index in [-0.39, 0.29) is 6.04 Å². The van der Waals surface area contributed by atoms with Crippen molar-refractivity contribution in [2.75, 3.05) is 19.7 Å². The van der Waals surface area contributed by atoms with E-state index in [0.717, 1.165) is 19.6 Å². The minimum absolute atomic E-state index is 0.250. The lowest BCUT2D eigenvalue weighted by Gasteiger charge is -2.47. The molecule has 2 N–H and O–H groups in total. The second-order valence-corrected chi connectivity index (χ2v) is 6.72. The van der Waals surface area contributed by atoms with E-state index in [1.165, 1.54) is 19.3 Å². The minimum Gasteiger partial charge on any atom is -0.480 e. The summed E-state index contributed by atoms with van der Waals surface area (Å²) in [4.78, 5) is 14.1. The van der Waals surface area contributed by atoms with E-state index < -0.39 is 11.5 Å². The van der Waals surface area contributed by atoms with Crippen molar-refractivity contribution in [2.45, 2.75) is 76.6 Å². The smallest absolute Gasteiger partial charge is 0.323 e. The number of likely N-dealkylation sites (N-methyl/N-ethyl adjacent to an activating group) is 1. The van der Waals surface area contributed by atoms with Gasteiger partial charge in [0, 0.05) is 18.6 Å². The number of hydrogen-bond donors (Lipinski definition) is 2. The molecule has 2 aliphatic rings. The third-order valence-corrected chi connectivity index (χ3v) is 5.08. The number of hydrogen-bond acceptors (Lipinski definition) is 4. The third kappa shape index (κ3) is 3.76. The summed E-state index contributed by atoms with van der Waals surface area (Å²) in [6, 6.07) is 0.724. The molecule has 0 bridgehead atoms. The van der Waals surface area contributed by atoms with Crippen LogP contribution in [0.1, 0.15) is 52.9 Å². The molecule has 0 aromatic rings. The van der Waals surface area contributed by atoms with Crippen molar-refractivity contribution in [3.8, 4) is 0 Å². The topological polar surface area (TPSA) is 61.8 Å². The average molecular weight is 298 g/mol. The Hall–Kier alpha value is -0.650. The molecule has 2 fully saturated rings. The molecular formula is C16H30N2O3. The third-order valence-electron chi connectivity index (χ3n) is 5.08. The van der Waals surface area contributed by atoms with Gasteiger partial charge in [0.25, 0.3) is 0 Å². The van der Waals surface area contributed by atoms with Crippen molar-refractivity contribution in [3.63, 3.8) is 0 Å². The molecule has 1 saturated heterocycles. The molecule has 0 spiro atoms. The minimum atomic E-state index is -0.851. The number of ether oxygens (including phenoxy) is 1. The van der Waals surface area contributed by atoms with Gasteiger partial charge in [-0.3, -0.25) is 9.69 Å². The second kappa shape index (κ2) is 7.07. The number of fused-ring (bicyclic) bond motifs is 1. The van der Waals surface area contributed by atoms with Gasteiger partial charge in [-0.05, 0) is 39.7 Å². The van der Waals surface area contributed by atoms with Crippen molar-refractivity contribution in [3.05, 3.63) is 0 Å². The number of carboxylic acids is 1. The van der Waals surface area contributed by atoms with Gasteiger partial charge in [0.05, 0.1) is 12.7 Å². The molecule has 0 aromatic carbocycles. The molecular weight excluding hydrogens is 268 g/mol. The molecule has 122 valence electrons. The SMILES string of the molecule is CCNC(C)(CC(C)N1CCOC2CCCCC21)C(=O)O. The van der Waals surface area contributed by atoms with Gasteiger partial charge in [0.1, 0.15) is 5.54 Å². The maximum Gasteiger partial charge on any atom is 0.323 e. The summed E-state index contributed by atoms with van der Waals surface area (Å²) in [6.45, 7) is 8.28. The summed E-state index contributed by atoms with van der Waals surface area (Å²) in [5.74, 6) is -0.760. The van der Waals surface area contributed by atoms with E-state index in [9.17, 15) is 9.90 Å². The van der Waals surface area contributed by atoms with E-state index in [1.807, 2.05) is 6.92 Å². The van der Waals surface area contributed by atoms with Crippen LogP contribution in [0, 0.1) is 0 Å². The number of morpholine rings is 1. The molecule has 5 heteroatoms. The predicted molar refractivity (Wildman–Crippen MR) is 82.5 cm³/mol. The van der Waals surface area contributed by atoms with E-state index in [4.69, 9.17) is 4.74 Å². The molecule has 0 radical (unpaired) electrons. The number of nitrogens with zero attached hydrogens (tertiary/aromatic N) is 1. The fourth-order valence-corrected chi connectivity index (χ4v) is 4.01. The van der Waals surface area contributed by atoms with Crippen LogP contribution in [0.2, 0.25) is 0 Å². The number of aliphatic carboxylic acids is 1. The Labute approximate surface area is 128 Å². The van der Waals surface area contributed by atoms with Crippen molar-refractivity contribution in [1.82, 2.24) is 10.2 Å². The van der Waals surface area contributed by atoms with Crippen LogP contribution in [0.5, 0.6) is 0 Å². The van der Waals surface area contributed by atoms with Crippen molar-refractivity contribution in [1.29, 1.82) is 0 Å². The molecule has 1 saturated carbocycles. The largest absolute Gasteiger partial charge is 0.480 e. The highest BCUT2D eigenvalue weighted by atomic mass is 16.5. The summed E-state index contributed by atoms with van der Waals surface area (Å²) in [5, 5.41) is 12.7. The maximum atomic E-state index is 11.6. The van der Waals surface area contributed by atoms with E-state index in [0.29, 0.717) is 25.1 Å². The fourth-order valence-electron chi connectivity index (χ4n) is 4.01. The van der Waals surface area contributed by atoms with E-state index >= 15 is 0 Å². The lowest BCUT2D eigenvalue weighted by molar-refractivity contribution is -0.146. The summed E-state index contributed by atoms with van der Waals surface area (Å²) in [7, 11) is 0. The van der Waals surface area contributed by atoms with Crippen LogP contribution in [0.25, 0.3) is 0 Å². The predicted octanol–water partition coefficient (Wildman–Crippen LogP) is 1.86. The highest BCUT2D eigenvalue weighted by Crippen LogP contribution is 2.31. The molecule has 21 heavy (non-hydrogen) atoms. The Morgan fingerprint density at radius 3 is 2.86 bits per heavy atom. The molecule has 4 atom stereocenters. The van der Waals surface area contributed by atoms with Crippen molar-refractivity contribution in [2.24, 2.45) is 0 Å². The van der Waals surface area contributed by atoms with E-state index in [2.05, 4.69) is 17.1 Å². The molecule has 0 amide bonds. The zero-order chi connectivity index (χ0) is 15.5.